The van der Waals surface area contributed by atoms with Gasteiger partial charge in [0.05, 0.1) is 19.8 Å². The summed E-state index contributed by atoms with van der Waals surface area (Å²) in [4.78, 5) is 102. The van der Waals surface area contributed by atoms with Crippen LogP contribution in [0.4, 0.5) is 45.5 Å². The molecule has 2 fully saturated rings. The molecule has 2 heterocycles. The first-order valence-corrected chi connectivity index (χ1v) is 30.0. The van der Waals surface area contributed by atoms with Gasteiger partial charge in [0.25, 0.3) is 43.4 Å². The van der Waals surface area contributed by atoms with Gasteiger partial charge < -0.3 is 65.7 Å². The van der Waals surface area contributed by atoms with E-state index < -0.39 is 21.7 Å². The zero-order valence-electron chi connectivity index (χ0n) is 53.7. The zero-order chi connectivity index (χ0) is 62.3. The van der Waals surface area contributed by atoms with Crippen molar-refractivity contribution < 1.29 is 14.2 Å². The largest absolute Gasteiger partial charge is 0.383 e. The molecule has 0 saturated carbocycles. The van der Waals surface area contributed by atoms with Gasteiger partial charge in [-0.15, -0.1) is 0 Å². The molecular formula is C62H106N10O11. The second-order valence-electron chi connectivity index (χ2n) is 26.8. The van der Waals surface area contributed by atoms with Crippen LogP contribution in [-0.2, 0) is 14.2 Å². The third-order valence-electron chi connectivity index (χ3n) is 14.5. The van der Waals surface area contributed by atoms with Crippen LogP contribution in [0.5, 0.6) is 0 Å². The maximum absolute atomic E-state index is 12.0. The fourth-order valence-corrected chi connectivity index (χ4v) is 9.53. The highest BCUT2D eigenvalue weighted by molar-refractivity contribution is 5.77. The molecule has 0 atom stereocenters. The average molecular weight is 1170 g/mol. The Morgan fingerprint density at radius 3 is 1.07 bits per heavy atom. The van der Waals surface area contributed by atoms with Crippen molar-refractivity contribution >= 4 is 45.5 Å². The topological polar surface area (TPSA) is 249 Å². The van der Waals surface area contributed by atoms with Gasteiger partial charge in [0, 0.05) is 120 Å². The van der Waals surface area contributed by atoms with Crippen LogP contribution in [0, 0.1) is 21.7 Å². The fourth-order valence-electron chi connectivity index (χ4n) is 9.53. The summed E-state index contributed by atoms with van der Waals surface area (Å²) in [5.74, 6) is 0. The molecule has 21 heteroatoms. The van der Waals surface area contributed by atoms with E-state index in [1.54, 1.807) is 21.3 Å². The first kappa shape index (κ1) is 71.8. The van der Waals surface area contributed by atoms with Crippen molar-refractivity contribution in [2.45, 2.75) is 134 Å². The molecule has 0 spiro atoms. The number of anilines is 8. The van der Waals surface area contributed by atoms with Gasteiger partial charge in [0.15, 0.2) is 0 Å². The van der Waals surface area contributed by atoms with E-state index in [2.05, 4.69) is 132 Å². The van der Waals surface area contributed by atoms with Crippen molar-refractivity contribution in [2.75, 3.05) is 188 Å². The third-order valence-corrected chi connectivity index (χ3v) is 14.5. The maximum atomic E-state index is 12.0. The molecule has 2 aliphatic heterocycles. The number of methoxy groups -OCH3 is 3. The minimum atomic E-state index is -0.436. The third kappa shape index (κ3) is 23.8. The predicted molar refractivity (Wildman–Crippen MR) is 345 cm³/mol. The Labute approximate surface area is 493 Å². The standard InChI is InChI=1S/C17H30N2O4.C16H27N3O2.C15H25N3O2.C14H24N2O3/c1-17(2,3)7-6-8-18-13-14(16(21)15(13)20)19(9-11-22-4)10-12-23-5;1-16(2,3)6-5-7-17-12-13(15(21)14(12)20)19-10-8-18(4)9-11-19;1-15(2,3)5-4-6-17-11-12(14(20)13(11)19)18-9-7-16-8-10-18;1-14(2,3)6-5-7-15-10-11(13(18)12(10)17)16-8-9-19-4/h18H,6-12H2,1-5H3;17H,5-11H2,1-4H3;16-17H,4-10H2,1-3H3;15-16H,5-9H2,1-4H3. The Morgan fingerprint density at radius 1 is 0.398 bits per heavy atom. The average Bonchev–Trinajstić information content (AvgIpc) is 3.48. The smallest absolute Gasteiger partial charge is 0.253 e. The normalized spacial score (nSPS) is 14.4. The Balaban J connectivity index is 0.000000291. The monoisotopic (exact) mass is 1170 g/mol. The highest BCUT2D eigenvalue weighted by Crippen LogP contribution is 2.27. The van der Waals surface area contributed by atoms with E-state index >= 15 is 0 Å². The summed E-state index contributed by atoms with van der Waals surface area (Å²) in [6.45, 7) is 39.2. The molecule has 6 rings (SSSR count). The van der Waals surface area contributed by atoms with E-state index in [1.165, 1.54) is 0 Å². The summed E-state index contributed by atoms with van der Waals surface area (Å²) in [7, 11) is 6.89. The van der Waals surface area contributed by atoms with Crippen molar-refractivity contribution in [3.8, 4) is 0 Å². The second kappa shape index (κ2) is 33.9. The summed E-state index contributed by atoms with van der Waals surface area (Å²) >= 11 is 0. The van der Waals surface area contributed by atoms with Gasteiger partial charge in [-0.05, 0) is 80.1 Å². The number of ether oxygens (including phenoxy) is 3. The number of nitrogens with zero attached hydrogens (tertiary/aromatic N) is 4. The Morgan fingerprint density at radius 2 is 0.711 bits per heavy atom. The van der Waals surface area contributed by atoms with Crippen LogP contribution >= 0.6 is 0 Å². The predicted octanol–water partition coefficient (Wildman–Crippen LogP) is 5.40. The highest BCUT2D eigenvalue weighted by Gasteiger charge is 2.30. The zero-order valence-corrected chi connectivity index (χ0v) is 53.7. The minimum absolute atomic E-state index is 0.265. The molecule has 0 bridgehead atoms. The summed E-state index contributed by atoms with van der Waals surface area (Å²) < 4.78 is 15.1. The van der Waals surface area contributed by atoms with Crippen molar-refractivity contribution in [3.63, 3.8) is 0 Å². The van der Waals surface area contributed by atoms with Crippen LogP contribution < -0.4 is 90.0 Å². The maximum Gasteiger partial charge on any atom is 0.253 e. The number of hydrogen-bond acceptors (Lipinski definition) is 21. The molecule has 83 heavy (non-hydrogen) atoms. The lowest BCUT2D eigenvalue weighted by Crippen LogP contribution is -2.50. The van der Waals surface area contributed by atoms with Crippen LogP contribution in [-0.4, -0.2) is 151 Å². The van der Waals surface area contributed by atoms with Gasteiger partial charge in [-0.25, -0.2) is 0 Å². The Hall–Kier alpha value is -5.48. The van der Waals surface area contributed by atoms with Crippen molar-refractivity contribution in [2.24, 2.45) is 21.7 Å². The lowest BCUT2D eigenvalue weighted by atomic mass is 9.90. The minimum Gasteiger partial charge on any atom is -0.383 e. The van der Waals surface area contributed by atoms with E-state index in [4.69, 9.17) is 14.2 Å². The first-order valence-electron chi connectivity index (χ1n) is 30.0. The van der Waals surface area contributed by atoms with Gasteiger partial charge in [-0.2, -0.15) is 0 Å². The Kier molecular flexibility index (Phi) is 29.3. The number of likely N-dealkylation sites (N-methyl/N-ethyl adjacent to an activating group) is 1. The van der Waals surface area contributed by atoms with Crippen molar-refractivity contribution in [1.29, 1.82) is 0 Å². The number of piperazine rings is 2. The van der Waals surface area contributed by atoms with Gasteiger partial charge in [-0.1, -0.05) is 83.1 Å². The van der Waals surface area contributed by atoms with Gasteiger partial charge in [0.1, 0.15) is 45.5 Å². The number of nitrogens with one attached hydrogen (secondary N) is 6. The molecule has 2 aliphatic rings. The van der Waals surface area contributed by atoms with Crippen LogP contribution in [0.15, 0.2) is 38.4 Å². The van der Waals surface area contributed by atoms with Crippen LogP contribution in [0.25, 0.3) is 0 Å². The van der Waals surface area contributed by atoms with Gasteiger partial charge in [-0.3, -0.25) is 38.4 Å². The molecule has 0 aliphatic carbocycles. The molecule has 6 N–H and O–H groups in total. The summed E-state index contributed by atoms with van der Waals surface area (Å²) in [6.07, 6.45) is 8.26. The molecule has 0 aromatic heterocycles. The summed E-state index contributed by atoms with van der Waals surface area (Å²) in [5.41, 5.74) is 2.14. The summed E-state index contributed by atoms with van der Waals surface area (Å²) in [5, 5.41) is 18.7. The van der Waals surface area contributed by atoms with Crippen molar-refractivity contribution in [3.05, 3.63) is 81.8 Å². The molecule has 4 aromatic rings. The van der Waals surface area contributed by atoms with Crippen LogP contribution in [0.2, 0.25) is 0 Å². The molecule has 2 saturated heterocycles. The quantitative estimate of drug-likeness (QED) is 0.0294. The fraction of sp³-hybridized carbons (Fsp3) is 0.742. The Bertz CT molecular complexity index is 2840. The molecule has 0 unspecified atom stereocenters. The highest BCUT2D eigenvalue weighted by atomic mass is 16.5. The molecular weight excluding hydrogens is 1060 g/mol. The lowest BCUT2D eigenvalue weighted by molar-refractivity contribution is 0.190. The van der Waals surface area contributed by atoms with E-state index in [-0.39, 0.29) is 32.5 Å². The first-order chi connectivity index (χ1) is 38.9. The molecule has 470 valence electrons. The van der Waals surface area contributed by atoms with Gasteiger partial charge >= 0.3 is 0 Å². The molecule has 21 nitrogen and oxygen atoms in total. The van der Waals surface area contributed by atoms with E-state index in [0.29, 0.717) is 109 Å². The van der Waals surface area contributed by atoms with E-state index in [0.717, 1.165) is 117 Å². The lowest BCUT2D eigenvalue weighted by Gasteiger charge is -2.35. The van der Waals surface area contributed by atoms with E-state index in [9.17, 15) is 38.4 Å². The molecule has 0 radical (unpaired) electrons. The second-order valence-corrected chi connectivity index (χ2v) is 26.8. The molecule has 4 aromatic carbocycles. The summed E-state index contributed by atoms with van der Waals surface area (Å²) in [6, 6.07) is 0. The SMILES string of the molecule is CC(C)(C)CCCNc1c(N2CCNCC2)c(=O)c1=O.CN1CCN(c2c(NCCCC(C)(C)C)c(=O)c2=O)CC1.COCCN(CCOC)c1c(NCCCC(C)(C)C)c(=O)c1=O.COCCNc1c(NCCCC(C)(C)C)c(=O)c1=O. The molecule has 0 amide bonds. The number of rotatable bonds is 29. The van der Waals surface area contributed by atoms with E-state index in [1.807, 2.05) is 9.80 Å². The van der Waals surface area contributed by atoms with Gasteiger partial charge in [0.2, 0.25) is 0 Å². The number of hydrogen-bond donors (Lipinski definition) is 6. The van der Waals surface area contributed by atoms with Crippen molar-refractivity contribution in [1.82, 2.24) is 10.2 Å². The van der Waals surface area contributed by atoms with Crippen LogP contribution in [0.1, 0.15) is 134 Å². The van der Waals surface area contributed by atoms with Crippen LogP contribution in [0.3, 0.4) is 0 Å².